The molecule has 2 saturated carbocycles. The van der Waals surface area contributed by atoms with E-state index in [1.165, 1.54) is 38.5 Å². The zero-order valence-electron chi connectivity index (χ0n) is 8.59. The molecule has 0 aromatic rings. The van der Waals surface area contributed by atoms with Crippen molar-refractivity contribution >= 4 is 0 Å². The third-order valence-electron chi connectivity index (χ3n) is 3.32. The van der Waals surface area contributed by atoms with Crippen LogP contribution < -0.4 is 5.32 Å². The Morgan fingerprint density at radius 3 is 2.46 bits per heavy atom. The molecule has 76 valence electrons. The minimum absolute atomic E-state index is 0.559. The van der Waals surface area contributed by atoms with Crippen LogP contribution in [0.1, 0.15) is 45.4 Å². The Hall–Kier alpha value is -0.0800. The van der Waals surface area contributed by atoms with Crippen LogP contribution in [0.15, 0.2) is 0 Å². The van der Waals surface area contributed by atoms with Crippen molar-refractivity contribution in [3.8, 4) is 0 Å². The number of ether oxygens (including phenoxy) is 1. The van der Waals surface area contributed by atoms with Crippen LogP contribution in [0.2, 0.25) is 0 Å². The lowest BCUT2D eigenvalue weighted by molar-refractivity contribution is -0.0122. The highest BCUT2D eigenvalue weighted by Gasteiger charge is 2.31. The third-order valence-corrected chi connectivity index (χ3v) is 3.32. The van der Waals surface area contributed by atoms with Gasteiger partial charge in [-0.25, -0.2) is 0 Å². The van der Waals surface area contributed by atoms with Gasteiger partial charge in [-0.1, -0.05) is 12.8 Å². The lowest BCUT2D eigenvalue weighted by atomic mass is 9.88. The van der Waals surface area contributed by atoms with E-state index in [4.69, 9.17) is 4.74 Å². The monoisotopic (exact) mass is 183 g/mol. The SMILES string of the molecule is CCOC1CC(NC2CCCC2)C1. The standard InChI is InChI=1S/C11H21NO/c1-2-13-11-7-10(8-11)12-9-5-3-4-6-9/h9-12H,2-8H2,1H3. The van der Waals surface area contributed by atoms with Gasteiger partial charge in [0, 0.05) is 18.7 Å². The normalized spacial score (nSPS) is 34.8. The Labute approximate surface area is 81.0 Å². The molecule has 2 aliphatic carbocycles. The van der Waals surface area contributed by atoms with Crippen LogP contribution in [0.3, 0.4) is 0 Å². The highest BCUT2D eigenvalue weighted by Crippen LogP contribution is 2.26. The first-order valence-corrected chi connectivity index (χ1v) is 5.76. The van der Waals surface area contributed by atoms with E-state index in [2.05, 4.69) is 12.2 Å². The average Bonchev–Trinajstić information content (AvgIpc) is 2.53. The fourth-order valence-electron chi connectivity index (χ4n) is 2.50. The summed E-state index contributed by atoms with van der Waals surface area (Å²) in [5, 5.41) is 3.72. The van der Waals surface area contributed by atoms with Crippen molar-refractivity contribution in [2.24, 2.45) is 0 Å². The second-order valence-electron chi connectivity index (χ2n) is 4.39. The van der Waals surface area contributed by atoms with E-state index < -0.39 is 0 Å². The molecule has 2 nitrogen and oxygen atoms in total. The molecule has 0 heterocycles. The lowest BCUT2D eigenvalue weighted by Crippen LogP contribution is -2.48. The van der Waals surface area contributed by atoms with Crippen LogP contribution in [0, 0.1) is 0 Å². The van der Waals surface area contributed by atoms with Gasteiger partial charge in [0.15, 0.2) is 0 Å². The maximum atomic E-state index is 5.53. The van der Waals surface area contributed by atoms with Crippen LogP contribution in [0.4, 0.5) is 0 Å². The quantitative estimate of drug-likeness (QED) is 0.720. The van der Waals surface area contributed by atoms with Crippen molar-refractivity contribution in [2.75, 3.05) is 6.61 Å². The van der Waals surface area contributed by atoms with E-state index in [-0.39, 0.29) is 0 Å². The summed E-state index contributed by atoms with van der Waals surface area (Å²) in [5.74, 6) is 0. The maximum absolute atomic E-state index is 5.53. The molecule has 2 rings (SSSR count). The zero-order chi connectivity index (χ0) is 9.10. The molecular formula is C11H21NO. The van der Waals surface area contributed by atoms with Gasteiger partial charge < -0.3 is 10.1 Å². The molecule has 0 bridgehead atoms. The van der Waals surface area contributed by atoms with Crippen LogP contribution in [0.25, 0.3) is 0 Å². The molecule has 0 aliphatic heterocycles. The van der Waals surface area contributed by atoms with E-state index in [1.54, 1.807) is 0 Å². The molecule has 0 unspecified atom stereocenters. The van der Waals surface area contributed by atoms with Crippen molar-refractivity contribution in [2.45, 2.75) is 63.6 Å². The lowest BCUT2D eigenvalue weighted by Gasteiger charge is -2.37. The zero-order valence-corrected chi connectivity index (χ0v) is 8.59. The topological polar surface area (TPSA) is 21.3 Å². The number of hydrogen-bond donors (Lipinski definition) is 1. The van der Waals surface area contributed by atoms with Gasteiger partial charge in [-0.2, -0.15) is 0 Å². The van der Waals surface area contributed by atoms with Gasteiger partial charge in [-0.05, 0) is 32.6 Å². The largest absolute Gasteiger partial charge is 0.378 e. The summed E-state index contributed by atoms with van der Waals surface area (Å²) < 4.78 is 5.53. The molecule has 0 spiro atoms. The van der Waals surface area contributed by atoms with E-state index in [0.29, 0.717) is 6.10 Å². The summed E-state index contributed by atoms with van der Waals surface area (Å²) in [6.45, 7) is 2.96. The number of hydrogen-bond acceptors (Lipinski definition) is 2. The Balaban J connectivity index is 1.58. The molecule has 2 fully saturated rings. The Morgan fingerprint density at radius 2 is 1.85 bits per heavy atom. The molecule has 0 amide bonds. The molecule has 0 aromatic carbocycles. The van der Waals surface area contributed by atoms with Crippen molar-refractivity contribution in [3.63, 3.8) is 0 Å². The van der Waals surface area contributed by atoms with Crippen molar-refractivity contribution < 1.29 is 4.74 Å². The first-order valence-electron chi connectivity index (χ1n) is 5.76. The predicted octanol–water partition coefficient (Wildman–Crippen LogP) is 2.09. The van der Waals surface area contributed by atoms with Crippen LogP contribution >= 0.6 is 0 Å². The summed E-state index contributed by atoms with van der Waals surface area (Å²) in [7, 11) is 0. The van der Waals surface area contributed by atoms with Gasteiger partial charge in [0.25, 0.3) is 0 Å². The first kappa shape index (κ1) is 9.47. The van der Waals surface area contributed by atoms with Gasteiger partial charge in [-0.3, -0.25) is 0 Å². The number of nitrogens with one attached hydrogen (secondary N) is 1. The Kier molecular flexibility index (Phi) is 3.23. The van der Waals surface area contributed by atoms with Gasteiger partial charge in [0.1, 0.15) is 0 Å². The summed E-state index contributed by atoms with van der Waals surface area (Å²) in [6, 6.07) is 1.59. The van der Waals surface area contributed by atoms with E-state index in [0.717, 1.165) is 18.7 Å². The van der Waals surface area contributed by atoms with E-state index >= 15 is 0 Å². The summed E-state index contributed by atoms with van der Waals surface area (Å²) in [6.07, 6.45) is 8.70. The molecular weight excluding hydrogens is 162 g/mol. The summed E-state index contributed by atoms with van der Waals surface area (Å²) >= 11 is 0. The van der Waals surface area contributed by atoms with Crippen LogP contribution in [0.5, 0.6) is 0 Å². The molecule has 2 heteroatoms. The van der Waals surface area contributed by atoms with Gasteiger partial charge in [-0.15, -0.1) is 0 Å². The minimum Gasteiger partial charge on any atom is -0.378 e. The van der Waals surface area contributed by atoms with E-state index in [9.17, 15) is 0 Å². The molecule has 2 aliphatic rings. The Bertz CT molecular complexity index is 148. The smallest absolute Gasteiger partial charge is 0.0604 e. The van der Waals surface area contributed by atoms with Crippen molar-refractivity contribution in [1.29, 1.82) is 0 Å². The fourth-order valence-corrected chi connectivity index (χ4v) is 2.50. The van der Waals surface area contributed by atoms with Crippen LogP contribution in [-0.2, 0) is 4.74 Å². The molecule has 0 saturated heterocycles. The molecule has 1 N–H and O–H groups in total. The van der Waals surface area contributed by atoms with Crippen LogP contribution in [-0.4, -0.2) is 24.8 Å². The minimum atomic E-state index is 0.559. The molecule has 13 heavy (non-hydrogen) atoms. The third kappa shape index (κ3) is 2.44. The van der Waals surface area contributed by atoms with Crippen molar-refractivity contribution in [3.05, 3.63) is 0 Å². The van der Waals surface area contributed by atoms with Gasteiger partial charge >= 0.3 is 0 Å². The predicted molar refractivity (Wildman–Crippen MR) is 53.8 cm³/mol. The molecule has 0 aromatic heterocycles. The highest BCUT2D eigenvalue weighted by atomic mass is 16.5. The van der Waals surface area contributed by atoms with Crippen molar-refractivity contribution in [1.82, 2.24) is 5.32 Å². The van der Waals surface area contributed by atoms with Gasteiger partial charge in [0.2, 0.25) is 0 Å². The average molecular weight is 183 g/mol. The first-order chi connectivity index (χ1) is 6.38. The maximum Gasteiger partial charge on any atom is 0.0604 e. The summed E-state index contributed by atoms with van der Waals surface area (Å²) in [5.41, 5.74) is 0. The molecule has 0 atom stereocenters. The highest BCUT2D eigenvalue weighted by molar-refractivity contribution is 4.89. The fraction of sp³-hybridized carbons (Fsp3) is 1.00. The Morgan fingerprint density at radius 1 is 1.15 bits per heavy atom. The molecule has 0 radical (unpaired) electrons. The second-order valence-corrected chi connectivity index (χ2v) is 4.39. The number of rotatable bonds is 4. The second kappa shape index (κ2) is 4.43. The van der Waals surface area contributed by atoms with E-state index in [1.807, 2.05) is 0 Å². The summed E-state index contributed by atoms with van der Waals surface area (Å²) in [4.78, 5) is 0. The van der Waals surface area contributed by atoms with Gasteiger partial charge in [0.05, 0.1) is 6.10 Å².